The van der Waals surface area contributed by atoms with Gasteiger partial charge in [0.05, 0.1) is 36.2 Å². The van der Waals surface area contributed by atoms with E-state index in [0.717, 1.165) is 11.3 Å². The summed E-state index contributed by atoms with van der Waals surface area (Å²) in [6, 6.07) is 6.72. The Morgan fingerprint density at radius 2 is 1.97 bits per heavy atom. The summed E-state index contributed by atoms with van der Waals surface area (Å²) in [4.78, 5) is 9.14. The molecule has 160 valence electrons. The first-order valence-corrected chi connectivity index (χ1v) is 11.2. The van der Waals surface area contributed by atoms with Gasteiger partial charge in [-0.2, -0.15) is 9.40 Å². The van der Waals surface area contributed by atoms with E-state index in [2.05, 4.69) is 20.4 Å². The first-order valence-electron chi connectivity index (χ1n) is 9.78. The van der Waals surface area contributed by atoms with Crippen LogP contribution >= 0.6 is 0 Å². The topological polar surface area (TPSA) is 107 Å². The van der Waals surface area contributed by atoms with E-state index in [-0.39, 0.29) is 4.90 Å². The number of aryl methyl sites for hydroxylation is 1. The van der Waals surface area contributed by atoms with Crippen molar-refractivity contribution in [3.05, 3.63) is 55.2 Å². The molecule has 5 rings (SSSR count). The van der Waals surface area contributed by atoms with E-state index in [1.807, 2.05) is 23.8 Å². The summed E-state index contributed by atoms with van der Waals surface area (Å²) in [7, 11) is -1.73. The van der Waals surface area contributed by atoms with Crippen LogP contribution in [0.4, 0.5) is 11.5 Å². The fourth-order valence-corrected chi connectivity index (χ4v) is 5.04. The van der Waals surface area contributed by atoms with Gasteiger partial charge in [-0.3, -0.25) is 9.08 Å². The molecule has 0 saturated carbocycles. The number of imidazole rings is 1. The molecule has 1 fully saturated rings. The lowest BCUT2D eigenvalue weighted by molar-refractivity contribution is 0.0730. The van der Waals surface area contributed by atoms with Crippen molar-refractivity contribution >= 4 is 27.2 Å². The summed E-state index contributed by atoms with van der Waals surface area (Å²) in [6.45, 7) is 1.52. The van der Waals surface area contributed by atoms with E-state index in [0.29, 0.717) is 43.5 Å². The van der Waals surface area contributed by atoms with Crippen molar-refractivity contribution in [3.63, 3.8) is 0 Å². The van der Waals surface area contributed by atoms with Crippen molar-refractivity contribution in [2.24, 2.45) is 7.05 Å². The number of rotatable bonds is 5. The SMILES string of the molecule is Cn1cc(-c2cnc3c(Nc4cccc(S(=O)(=O)N5CCOCC5)c4)nccn23)cn1. The van der Waals surface area contributed by atoms with Crippen molar-refractivity contribution in [1.82, 2.24) is 28.5 Å². The lowest BCUT2D eigenvalue weighted by Crippen LogP contribution is -2.40. The van der Waals surface area contributed by atoms with E-state index in [1.54, 1.807) is 47.5 Å². The van der Waals surface area contributed by atoms with E-state index < -0.39 is 10.0 Å². The Morgan fingerprint density at radius 1 is 1.13 bits per heavy atom. The number of hydrogen-bond acceptors (Lipinski definition) is 7. The Hall–Kier alpha value is -3.28. The van der Waals surface area contributed by atoms with Crippen LogP contribution in [0.1, 0.15) is 0 Å². The number of fused-ring (bicyclic) bond motifs is 1. The number of hydrogen-bond donors (Lipinski definition) is 1. The molecule has 0 spiro atoms. The summed E-state index contributed by atoms with van der Waals surface area (Å²) >= 11 is 0. The minimum atomic E-state index is -3.59. The van der Waals surface area contributed by atoms with Crippen molar-refractivity contribution in [2.45, 2.75) is 4.90 Å². The maximum Gasteiger partial charge on any atom is 0.243 e. The molecule has 1 aliphatic heterocycles. The van der Waals surface area contributed by atoms with Gasteiger partial charge in [-0.15, -0.1) is 0 Å². The van der Waals surface area contributed by atoms with Crippen LogP contribution in [0.15, 0.2) is 60.1 Å². The minimum absolute atomic E-state index is 0.228. The van der Waals surface area contributed by atoms with Gasteiger partial charge in [0.15, 0.2) is 11.5 Å². The average Bonchev–Trinajstić information content (AvgIpc) is 3.41. The molecular formula is C20H21N7O3S. The molecule has 0 radical (unpaired) electrons. The van der Waals surface area contributed by atoms with Crippen LogP contribution < -0.4 is 5.32 Å². The van der Waals surface area contributed by atoms with Gasteiger partial charge in [0.1, 0.15) is 0 Å². The highest BCUT2D eigenvalue weighted by atomic mass is 32.2. The molecule has 3 aromatic heterocycles. The zero-order valence-electron chi connectivity index (χ0n) is 16.8. The number of morpholine rings is 1. The first-order chi connectivity index (χ1) is 15.0. The van der Waals surface area contributed by atoms with Crippen LogP contribution in [-0.4, -0.2) is 63.2 Å². The summed E-state index contributed by atoms with van der Waals surface area (Å²) in [5.41, 5.74) is 3.06. The average molecular weight is 440 g/mol. The maximum absolute atomic E-state index is 13.0. The molecule has 1 saturated heterocycles. The van der Waals surface area contributed by atoms with Crippen molar-refractivity contribution < 1.29 is 13.2 Å². The summed E-state index contributed by atoms with van der Waals surface area (Å²) in [5.74, 6) is 0.526. The molecule has 4 aromatic rings. The molecular weight excluding hydrogens is 418 g/mol. The summed E-state index contributed by atoms with van der Waals surface area (Å²) in [5, 5.41) is 7.43. The van der Waals surface area contributed by atoms with E-state index in [9.17, 15) is 8.42 Å². The van der Waals surface area contributed by atoms with Gasteiger partial charge < -0.3 is 10.1 Å². The number of nitrogens with one attached hydrogen (secondary N) is 1. The second kappa shape index (κ2) is 7.76. The molecule has 1 aliphatic rings. The molecule has 31 heavy (non-hydrogen) atoms. The van der Waals surface area contributed by atoms with Crippen LogP contribution in [0.5, 0.6) is 0 Å². The molecule has 1 N–H and O–H groups in total. The predicted octanol–water partition coefficient (Wildman–Crippen LogP) is 1.89. The lowest BCUT2D eigenvalue weighted by Gasteiger charge is -2.26. The number of aromatic nitrogens is 5. The molecule has 0 bridgehead atoms. The number of nitrogens with zero attached hydrogens (tertiary/aromatic N) is 6. The Kier molecular flexibility index (Phi) is 4.93. The van der Waals surface area contributed by atoms with Crippen molar-refractivity contribution in [2.75, 3.05) is 31.6 Å². The Bertz CT molecular complexity index is 1340. The molecule has 1 aromatic carbocycles. The smallest absolute Gasteiger partial charge is 0.243 e. The van der Waals surface area contributed by atoms with Crippen LogP contribution in [-0.2, 0) is 21.8 Å². The second-order valence-corrected chi connectivity index (χ2v) is 9.12. The number of sulfonamides is 1. The third kappa shape index (κ3) is 3.67. The molecule has 0 unspecified atom stereocenters. The second-order valence-electron chi connectivity index (χ2n) is 7.18. The lowest BCUT2D eigenvalue weighted by atomic mass is 10.3. The summed E-state index contributed by atoms with van der Waals surface area (Å²) < 4.78 is 36.3. The number of benzene rings is 1. The molecule has 0 atom stereocenters. The van der Waals surface area contributed by atoms with Gasteiger partial charge in [-0.05, 0) is 18.2 Å². The third-order valence-corrected chi connectivity index (χ3v) is 7.03. The monoisotopic (exact) mass is 439 g/mol. The van der Waals surface area contributed by atoms with E-state index in [1.165, 1.54) is 4.31 Å². The van der Waals surface area contributed by atoms with Gasteiger partial charge in [-0.25, -0.2) is 18.4 Å². The highest BCUT2D eigenvalue weighted by Gasteiger charge is 2.26. The predicted molar refractivity (Wildman–Crippen MR) is 114 cm³/mol. The molecule has 4 heterocycles. The van der Waals surface area contributed by atoms with Crippen molar-refractivity contribution in [1.29, 1.82) is 0 Å². The quantitative estimate of drug-likeness (QED) is 0.506. The first kappa shape index (κ1) is 19.7. The standard InChI is InChI=1S/C20H21N7O3S/c1-25-14-15(12-23-25)18-13-22-20-19(21-5-6-27(18)20)24-16-3-2-4-17(11-16)31(28,29)26-7-9-30-10-8-26/h2-6,11-14H,7-10H2,1H3,(H,21,24). The highest BCUT2D eigenvalue weighted by molar-refractivity contribution is 7.89. The Morgan fingerprint density at radius 3 is 2.74 bits per heavy atom. The maximum atomic E-state index is 13.0. The van der Waals surface area contributed by atoms with Gasteiger partial charge in [0.2, 0.25) is 10.0 Å². The normalized spacial score (nSPS) is 15.4. The largest absolute Gasteiger partial charge is 0.379 e. The van der Waals surface area contributed by atoms with Crippen LogP contribution in [0, 0.1) is 0 Å². The van der Waals surface area contributed by atoms with Crippen LogP contribution in [0.3, 0.4) is 0 Å². The Balaban J connectivity index is 1.47. The number of ether oxygens (including phenoxy) is 1. The summed E-state index contributed by atoms with van der Waals surface area (Å²) in [6.07, 6.45) is 8.95. The zero-order chi connectivity index (χ0) is 21.4. The molecule has 11 heteroatoms. The van der Waals surface area contributed by atoms with Gasteiger partial charge in [-0.1, -0.05) is 6.07 Å². The van der Waals surface area contributed by atoms with Gasteiger partial charge >= 0.3 is 0 Å². The van der Waals surface area contributed by atoms with Crippen LogP contribution in [0.2, 0.25) is 0 Å². The van der Waals surface area contributed by atoms with Crippen molar-refractivity contribution in [3.8, 4) is 11.3 Å². The molecule has 0 amide bonds. The minimum Gasteiger partial charge on any atom is -0.379 e. The third-order valence-electron chi connectivity index (χ3n) is 5.13. The zero-order valence-corrected chi connectivity index (χ0v) is 17.7. The fourth-order valence-electron chi connectivity index (χ4n) is 3.58. The fraction of sp³-hybridized carbons (Fsp3) is 0.250. The highest BCUT2D eigenvalue weighted by Crippen LogP contribution is 2.26. The van der Waals surface area contributed by atoms with Crippen LogP contribution in [0.25, 0.3) is 16.9 Å². The van der Waals surface area contributed by atoms with Gasteiger partial charge in [0, 0.05) is 50.0 Å². The Labute approximate surface area is 179 Å². The van der Waals surface area contributed by atoms with Gasteiger partial charge in [0.25, 0.3) is 0 Å². The molecule has 0 aliphatic carbocycles. The van der Waals surface area contributed by atoms with E-state index >= 15 is 0 Å². The number of anilines is 2. The van der Waals surface area contributed by atoms with E-state index in [4.69, 9.17) is 4.74 Å². The molecule has 10 nitrogen and oxygen atoms in total.